The summed E-state index contributed by atoms with van der Waals surface area (Å²) in [5.74, 6) is 0.954. The molecule has 1 aliphatic rings. The molecular formula is C19H24N2O. The monoisotopic (exact) mass is 296 g/mol. The van der Waals surface area contributed by atoms with Crippen LogP contribution in [0.25, 0.3) is 0 Å². The van der Waals surface area contributed by atoms with Crippen molar-refractivity contribution >= 4 is 0 Å². The zero-order valence-corrected chi connectivity index (χ0v) is 13.2. The summed E-state index contributed by atoms with van der Waals surface area (Å²) in [5.41, 5.74) is 2.53. The smallest absolute Gasteiger partial charge is 0.120 e. The molecule has 0 N–H and O–H groups in total. The number of likely N-dealkylation sites (N-methyl/N-ethyl adjacent to an activating group) is 1. The maximum absolute atomic E-state index is 5.91. The van der Waals surface area contributed by atoms with Crippen LogP contribution in [0.1, 0.15) is 11.1 Å². The molecule has 1 heterocycles. The van der Waals surface area contributed by atoms with E-state index in [0.717, 1.165) is 38.5 Å². The fraction of sp³-hybridized carbons (Fsp3) is 0.368. The molecule has 3 nitrogen and oxygen atoms in total. The Morgan fingerprint density at radius 2 is 1.59 bits per heavy atom. The minimum Gasteiger partial charge on any atom is -0.489 e. The summed E-state index contributed by atoms with van der Waals surface area (Å²) in [7, 11) is 2.19. The maximum Gasteiger partial charge on any atom is 0.120 e. The third kappa shape index (κ3) is 4.33. The van der Waals surface area contributed by atoms with Crippen LogP contribution >= 0.6 is 0 Å². The van der Waals surface area contributed by atoms with Gasteiger partial charge in [0.1, 0.15) is 12.4 Å². The first-order valence-corrected chi connectivity index (χ1v) is 7.96. The molecule has 0 bridgehead atoms. The molecule has 2 aromatic rings. The summed E-state index contributed by atoms with van der Waals surface area (Å²) in [6.07, 6.45) is 0. The quantitative estimate of drug-likeness (QED) is 0.843. The van der Waals surface area contributed by atoms with Crippen molar-refractivity contribution in [3.63, 3.8) is 0 Å². The molecule has 1 fully saturated rings. The Balaban J connectivity index is 1.55. The van der Waals surface area contributed by atoms with E-state index in [1.54, 1.807) is 0 Å². The van der Waals surface area contributed by atoms with Crippen LogP contribution in [-0.4, -0.2) is 43.0 Å². The van der Waals surface area contributed by atoms with E-state index in [2.05, 4.69) is 47.2 Å². The molecule has 0 aliphatic carbocycles. The van der Waals surface area contributed by atoms with Crippen molar-refractivity contribution in [1.29, 1.82) is 0 Å². The van der Waals surface area contributed by atoms with Gasteiger partial charge in [-0.3, -0.25) is 4.90 Å². The van der Waals surface area contributed by atoms with Crippen LogP contribution in [-0.2, 0) is 13.2 Å². The lowest BCUT2D eigenvalue weighted by Crippen LogP contribution is -2.43. The summed E-state index contributed by atoms with van der Waals surface area (Å²) < 4.78 is 5.91. The molecule has 0 spiro atoms. The van der Waals surface area contributed by atoms with Crippen LogP contribution in [0, 0.1) is 0 Å². The summed E-state index contributed by atoms with van der Waals surface area (Å²) in [6.45, 7) is 6.24. The second-order valence-electron chi connectivity index (χ2n) is 6.00. The number of piperazine rings is 1. The molecule has 0 unspecified atom stereocenters. The van der Waals surface area contributed by atoms with Gasteiger partial charge in [-0.1, -0.05) is 42.5 Å². The first-order valence-electron chi connectivity index (χ1n) is 7.96. The first kappa shape index (κ1) is 15.1. The average Bonchev–Trinajstić information content (AvgIpc) is 2.57. The van der Waals surface area contributed by atoms with E-state index in [1.165, 1.54) is 11.1 Å². The second-order valence-corrected chi connectivity index (χ2v) is 6.00. The van der Waals surface area contributed by atoms with Crippen molar-refractivity contribution < 1.29 is 4.74 Å². The lowest BCUT2D eigenvalue weighted by Gasteiger charge is -2.32. The molecule has 0 atom stereocenters. The average molecular weight is 296 g/mol. The van der Waals surface area contributed by atoms with Gasteiger partial charge in [0.05, 0.1) is 0 Å². The van der Waals surface area contributed by atoms with Gasteiger partial charge in [-0.2, -0.15) is 0 Å². The number of ether oxygens (including phenoxy) is 1. The van der Waals surface area contributed by atoms with E-state index in [9.17, 15) is 0 Å². The van der Waals surface area contributed by atoms with Gasteiger partial charge in [-0.25, -0.2) is 0 Å². The van der Waals surface area contributed by atoms with Gasteiger partial charge in [0.2, 0.25) is 0 Å². The van der Waals surface area contributed by atoms with Crippen molar-refractivity contribution in [2.24, 2.45) is 0 Å². The molecule has 1 saturated heterocycles. The Hall–Kier alpha value is -1.84. The molecule has 0 radical (unpaired) electrons. The second kappa shape index (κ2) is 7.43. The number of benzene rings is 2. The highest BCUT2D eigenvalue weighted by Crippen LogP contribution is 2.17. The molecule has 1 aliphatic heterocycles. The van der Waals surface area contributed by atoms with E-state index in [4.69, 9.17) is 4.74 Å². The Bertz CT molecular complexity index is 577. The highest BCUT2D eigenvalue weighted by Gasteiger charge is 2.13. The molecule has 3 heteroatoms. The van der Waals surface area contributed by atoms with Gasteiger partial charge in [0.25, 0.3) is 0 Å². The van der Waals surface area contributed by atoms with Crippen molar-refractivity contribution in [2.45, 2.75) is 13.2 Å². The SMILES string of the molecule is CN1CCN(Cc2cccc(OCc3ccccc3)c2)CC1. The Labute approximate surface area is 133 Å². The number of rotatable bonds is 5. The van der Waals surface area contributed by atoms with Crippen LogP contribution in [0.5, 0.6) is 5.75 Å². The topological polar surface area (TPSA) is 15.7 Å². The predicted octanol–water partition coefficient (Wildman–Crippen LogP) is 3.01. The van der Waals surface area contributed by atoms with Crippen molar-refractivity contribution in [3.8, 4) is 5.75 Å². The predicted molar refractivity (Wildman–Crippen MR) is 90.0 cm³/mol. The number of hydrogen-bond donors (Lipinski definition) is 0. The molecule has 0 aromatic heterocycles. The van der Waals surface area contributed by atoms with Gasteiger partial charge in [-0.05, 0) is 30.3 Å². The minimum atomic E-state index is 0.624. The van der Waals surface area contributed by atoms with Crippen molar-refractivity contribution in [3.05, 3.63) is 65.7 Å². The standard InChI is InChI=1S/C19H24N2O/c1-20-10-12-21(13-11-20)15-18-8-5-9-19(14-18)22-16-17-6-3-2-4-7-17/h2-9,14H,10-13,15-16H2,1H3. The molecule has 2 aromatic carbocycles. The Kier molecular flexibility index (Phi) is 5.09. The van der Waals surface area contributed by atoms with Crippen LogP contribution in [0.3, 0.4) is 0 Å². The highest BCUT2D eigenvalue weighted by molar-refractivity contribution is 5.29. The highest BCUT2D eigenvalue weighted by atomic mass is 16.5. The van der Waals surface area contributed by atoms with Gasteiger partial charge >= 0.3 is 0 Å². The number of nitrogens with zero attached hydrogens (tertiary/aromatic N) is 2. The summed E-state index contributed by atoms with van der Waals surface area (Å²) in [5, 5.41) is 0. The molecule has 0 amide bonds. The van der Waals surface area contributed by atoms with E-state index in [-0.39, 0.29) is 0 Å². The lowest BCUT2D eigenvalue weighted by atomic mass is 10.2. The lowest BCUT2D eigenvalue weighted by molar-refractivity contribution is 0.148. The van der Waals surface area contributed by atoms with Crippen LogP contribution in [0.4, 0.5) is 0 Å². The Morgan fingerprint density at radius 3 is 2.36 bits per heavy atom. The van der Waals surface area contributed by atoms with Crippen LogP contribution in [0.2, 0.25) is 0 Å². The largest absolute Gasteiger partial charge is 0.489 e. The molecular weight excluding hydrogens is 272 g/mol. The first-order chi connectivity index (χ1) is 10.8. The molecule has 0 saturated carbocycles. The Morgan fingerprint density at radius 1 is 0.864 bits per heavy atom. The van der Waals surface area contributed by atoms with Gasteiger partial charge in [0.15, 0.2) is 0 Å². The summed E-state index contributed by atoms with van der Waals surface area (Å²) in [4.78, 5) is 4.90. The number of hydrogen-bond acceptors (Lipinski definition) is 3. The van der Waals surface area contributed by atoms with E-state index >= 15 is 0 Å². The minimum absolute atomic E-state index is 0.624. The molecule has 116 valence electrons. The fourth-order valence-corrected chi connectivity index (χ4v) is 2.74. The third-order valence-corrected chi connectivity index (χ3v) is 4.15. The molecule has 22 heavy (non-hydrogen) atoms. The zero-order chi connectivity index (χ0) is 15.2. The van der Waals surface area contributed by atoms with Crippen LogP contribution in [0.15, 0.2) is 54.6 Å². The third-order valence-electron chi connectivity index (χ3n) is 4.15. The van der Waals surface area contributed by atoms with E-state index in [1.807, 2.05) is 24.3 Å². The van der Waals surface area contributed by atoms with E-state index < -0.39 is 0 Å². The maximum atomic E-state index is 5.91. The summed E-state index contributed by atoms with van der Waals surface area (Å²) in [6, 6.07) is 18.8. The summed E-state index contributed by atoms with van der Waals surface area (Å²) >= 11 is 0. The zero-order valence-electron chi connectivity index (χ0n) is 13.2. The van der Waals surface area contributed by atoms with Crippen LogP contribution < -0.4 is 4.74 Å². The van der Waals surface area contributed by atoms with Gasteiger partial charge < -0.3 is 9.64 Å². The van der Waals surface area contributed by atoms with Gasteiger partial charge in [0, 0.05) is 32.7 Å². The van der Waals surface area contributed by atoms with Crippen molar-refractivity contribution in [1.82, 2.24) is 9.80 Å². The normalized spacial score (nSPS) is 16.6. The van der Waals surface area contributed by atoms with Gasteiger partial charge in [-0.15, -0.1) is 0 Å². The molecule has 3 rings (SSSR count). The van der Waals surface area contributed by atoms with E-state index in [0.29, 0.717) is 6.61 Å². The van der Waals surface area contributed by atoms with Crippen molar-refractivity contribution in [2.75, 3.05) is 33.2 Å². The fourth-order valence-electron chi connectivity index (χ4n) is 2.74.